The lowest BCUT2D eigenvalue weighted by Gasteiger charge is -2.50. The van der Waals surface area contributed by atoms with Gasteiger partial charge in [-0.3, -0.25) is 9.88 Å². The third-order valence-electron chi connectivity index (χ3n) is 10.2. The molecule has 0 saturated heterocycles. The molecule has 0 amide bonds. The third-order valence-corrected chi connectivity index (χ3v) is 10.2. The van der Waals surface area contributed by atoms with Crippen LogP contribution in [0, 0.1) is 6.92 Å². The Hall–Kier alpha value is -4.15. The predicted molar refractivity (Wildman–Crippen MR) is 174 cm³/mol. The number of H-pyrrole nitrogens is 2. The van der Waals surface area contributed by atoms with Gasteiger partial charge in [-0.2, -0.15) is 0 Å². The van der Waals surface area contributed by atoms with E-state index in [0.717, 1.165) is 38.5 Å². The fraction of sp³-hybridized carbons (Fsp3) is 0.289. The molecule has 7 rings (SSSR count). The SMILES string of the molecule is Cc1c(C2(c3[nH]c4ccccc4c3CCc3ccncc3)CCC(c3ccccc3)(N(C)C)CC2)[nH]c2ccccc12. The van der Waals surface area contributed by atoms with E-state index in [0.29, 0.717) is 0 Å². The minimum Gasteiger partial charge on any atom is -0.357 e. The summed E-state index contributed by atoms with van der Waals surface area (Å²) in [5.41, 5.74) is 10.7. The van der Waals surface area contributed by atoms with Crippen molar-refractivity contribution in [3.63, 3.8) is 0 Å². The quantitative estimate of drug-likeness (QED) is 0.209. The van der Waals surface area contributed by atoms with Crippen LogP contribution in [0.2, 0.25) is 0 Å². The number of para-hydroxylation sites is 2. The summed E-state index contributed by atoms with van der Waals surface area (Å²) in [6, 6.07) is 33.2. The maximum atomic E-state index is 4.25. The number of fused-ring (bicyclic) bond motifs is 2. The topological polar surface area (TPSA) is 47.7 Å². The monoisotopic (exact) mass is 552 g/mol. The van der Waals surface area contributed by atoms with Crippen molar-refractivity contribution in [3.8, 4) is 0 Å². The van der Waals surface area contributed by atoms with Gasteiger partial charge >= 0.3 is 0 Å². The van der Waals surface area contributed by atoms with Gasteiger partial charge in [-0.1, -0.05) is 66.7 Å². The summed E-state index contributed by atoms with van der Waals surface area (Å²) >= 11 is 0. The summed E-state index contributed by atoms with van der Waals surface area (Å²) < 4.78 is 0. The van der Waals surface area contributed by atoms with Gasteiger partial charge < -0.3 is 9.97 Å². The van der Waals surface area contributed by atoms with Gasteiger partial charge in [0.05, 0.1) is 5.41 Å². The molecule has 4 nitrogen and oxygen atoms in total. The van der Waals surface area contributed by atoms with E-state index in [1.54, 1.807) is 0 Å². The second-order valence-electron chi connectivity index (χ2n) is 12.4. The number of aromatic amines is 2. The van der Waals surface area contributed by atoms with E-state index >= 15 is 0 Å². The highest BCUT2D eigenvalue weighted by molar-refractivity contribution is 5.87. The van der Waals surface area contributed by atoms with Crippen LogP contribution in [0.25, 0.3) is 21.8 Å². The number of benzene rings is 3. The van der Waals surface area contributed by atoms with E-state index in [1.165, 1.54) is 55.4 Å². The van der Waals surface area contributed by atoms with Gasteiger partial charge in [0.15, 0.2) is 0 Å². The summed E-state index contributed by atoms with van der Waals surface area (Å²) in [4.78, 5) is 14.7. The molecule has 1 fully saturated rings. The summed E-state index contributed by atoms with van der Waals surface area (Å²) in [5.74, 6) is 0. The van der Waals surface area contributed by atoms with Crippen LogP contribution in [-0.2, 0) is 23.8 Å². The fourth-order valence-electron chi connectivity index (χ4n) is 7.91. The number of aromatic nitrogens is 3. The summed E-state index contributed by atoms with van der Waals surface area (Å²) in [6.07, 6.45) is 10.1. The molecular weight excluding hydrogens is 512 g/mol. The Morgan fingerprint density at radius 1 is 0.667 bits per heavy atom. The van der Waals surface area contributed by atoms with Gasteiger partial charge in [0.25, 0.3) is 0 Å². The van der Waals surface area contributed by atoms with Gasteiger partial charge in [-0.15, -0.1) is 0 Å². The van der Waals surface area contributed by atoms with Crippen molar-refractivity contribution in [1.82, 2.24) is 19.9 Å². The summed E-state index contributed by atoms with van der Waals surface area (Å²) in [7, 11) is 4.52. The Morgan fingerprint density at radius 2 is 1.26 bits per heavy atom. The Bertz CT molecular complexity index is 1820. The van der Waals surface area contributed by atoms with E-state index in [2.05, 4.69) is 132 Å². The van der Waals surface area contributed by atoms with Crippen molar-refractivity contribution < 1.29 is 0 Å². The highest BCUT2D eigenvalue weighted by Gasteiger charge is 2.49. The maximum absolute atomic E-state index is 4.25. The number of nitrogens with zero attached hydrogens (tertiary/aromatic N) is 2. The number of hydrogen-bond donors (Lipinski definition) is 2. The summed E-state index contributed by atoms with van der Waals surface area (Å²) in [5, 5.41) is 2.68. The van der Waals surface area contributed by atoms with Crippen molar-refractivity contribution in [2.75, 3.05) is 14.1 Å². The van der Waals surface area contributed by atoms with Crippen molar-refractivity contribution in [1.29, 1.82) is 0 Å². The van der Waals surface area contributed by atoms with E-state index in [4.69, 9.17) is 0 Å². The zero-order valence-corrected chi connectivity index (χ0v) is 25.0. The van der Waals surface area contributed by atoms with Crippen LogP contribution in [0.4, 0.5) is 0 Å². The lowest BCUT2D eigenvalue weighted by molar-refractivity contribution is 0.0727. The largest absolute Gasteiger partial charge is 0.357 e. The minimum atomic E-state index is -0.149. The number of hydrogen-bond acceptors (Lipinski definition) is 2. The second kappa shape index (κ2) is 10.6. The van der Waals surface area contributed by atoms with Crippen molar-refractivity contribution >= 4 is 21.8 Å². The molecule has 2 N–H and O–H groups in total. The van der Waals surface area contributed by atoms with Gasteiger partial charge in [0, 0.05) is 51.1 Å². The normalized spacial score (nSPS) is 21.0. The highest BCUT2D eigenvalue weighted by Crippen LogP contribution is 2.54. The van der Waals surface area contributed by atoms with Crippen LogP contribution in [-0.4, -0.2) is 33.9 Å². The molecule has 4 heteroatoms. The molecule has 3 aromatic heterocycles. The van der Waals surface area contributed by atoms with Crippen LogP contribution in [0.1, 0.15) is 59.3 Å². The van der Waals surface area contributed by atoms with Gasteiger partial charge in [-0.25, -0.2) is 0 Å². The molecule has 0 atom stereocenters. The molecule has 212 valence electrons. The smallest absolute Gasteiger partial charge is 0.0511 e. The average molecular weight is 553 g/mol. The molecule has 0 bridgehead atoms. The van der Waals surface area contributed by atoms with E-state index in [1.807, 2.05) is 12.4 Å². The van der Waals surface area contributed by atoms with Gasteiger partial charge in [0.1, 0.15) is 0 Å². The van der Waals surface area contributed by atoms with Gasteiger partial charge in [-0.05, 0) is 106 Å². The molecule has 42 heavy (non-hydrogen) atoms. The van der Waals surface area contributed by atoms with Crippen molar-refractivity contribution in [2.24, 2.45) is 0 Å². The molecule has 1 aliphatic carbocycles. The maximum Gasteiger partial charge on any atom is 0.0511 e. The highest BCUT2D eigenvalue weighted by atomic mass is 15.1. The van der Waals surface area contributed by atoms with Crippen LogP contribution < -0.4 is 0 Å². The van der Waals surface area contributed by atoms with Crippen LogP contribution in [0.3, 0.4) is 0 Å². The molecule has 1 saturated carbocycles. The Labute approximate surface area is 248 Å². The van der Waals surface area contributed by atoms with E-state index in [9.17, 15) is 0 Å². The Kier molecular flexibility index (Phi) is 6.74. The Balaban J connectivity index is 1.41. The first-order valence-electron chi connectivity index (χ1n) is 15.3. The number of aryl methyl sites for hydroxylation is 3. The lowest BCUT2D eigenvalue weighted by atomic mass is 9.61. The van der Waals surface area contributed by atoms with E-state index in [-0.39, 0.29) is 11.0 Å². The van der Waals surface area contributed by atoms with Crippen LogP contribution in [0.15, 0.2) is 103 Å². The lowest BCUT2D eigenvalue weighted by Crippen LogP contribution is -2.49. The molecule has 3 heterocycles. The first-order valence-corrected chi connectivity index (χ1v) is 15.3. The Morgan fingerprint density at radius 3 is 1.93 bits per heavy atom. The van der Waals surface area contributed by atoms with Crippen molar-refractivity contribution in [2.45, 2.75) is 56.4 Å². The van der Waals surface area contributed by atoms with Crippen LogP contribution >= 0.6 is 0 Å². The fourth-order valence-corrected chi connectivity index (χ4v) is 7.91. The molecule has 1 aliphatic rings. The second-order valence-corrected chi connectivity index (χ2v) is 12.4. The zero-order valence-electron chi connectivity index (χ0n) is 25.0. The summed E-state index contributed by atoms with van der Waals surface area (Å²) in [6.45, 7) is 2.32. The first-order chi connectivity index (χ1) is 20.5. The standard InChI is InChI=1S/C38H40N4/c1-27-30-13-7-9-15-33(30)40-35(27)37(21-23-38(24-22-37,42(2)3)29-11-5-4-6-12-29)36-32(18-17-28-19-25-39-26-20-28)31-14-8-10-16-34(31)41-36/h4-16,19-20,25-26,40-41H,17-18,21-24H2,1-3H3. The molecule has 6 aromatic rings. The first kappa shape index (κ1) is 26.7. The van der Waals surface area contributed by atoms with Gasteiger partial charge in [0.2, 0.25) is 0 Å². The molecule has 0 unspecified atom stereocenters. The number of pyridine rings is 1. The molecular formula is C38H40N4. The van der Waals surface area contributed by atoms with Crippen molar-refractivity contribution in [3.05, 3.63) is 137 Å². The van der Waals surface area contributed by atoms with E-state index < -0.39 is 0 Å². The number of nitrogens with one attached hydrogen (secondary N) is 2. The molecule has 3 aromatic carbocycles. The molecule has 0 spiro atoms. The minimum absolute atomic E-state index is 0.00783. The molecule has 0 radical (unpaired) electrons. The third kappa shape index (κ3) is 4.28. The molecule has 0 aliphatic heterocycles. The number of rotatable bonds is 7. The average Bonchev–Trinajstić information content (AvgIpc) is 3.59. The predicted octanol–water partition coefficient (Wildman–Crippen LogP) is 8.46. The zero-order chi connectivity index (χ0) is 28.7. The van der Waals surface area contributed by atoms with Crippen LogP contribution in [0.5, 0.6) is 0 Å².